The predicted molar refractivity (Wildman–Crippen MR) is 101 cm³/mol. The number of carbonyl (C=O) groups excluding carboxylic acids is 2. The topological polar surface area (TPSA) is 85.9 Å². The molecular formula is C19H24ClFN2O5. The smallest absolute Gasteiger partial charge is 0.262 e. The summed E-state index contributed by atoms with van der Waals surface area (Å²) in [6, 6.07) is 3.90. The molecule has 1 heterocycles. The molecule has 1 saturated heterocycles. The normalized spacial score (nSPS) is 21.6. The molecule has 0 radical (unpaired) electrons. The molecule has 0 bridgehead atoms. The van der Waals surface area contributed by atoms with Gasteiger partial charge in [-0.25, -0.2) is 14.2 Å². The van der Waals surface area contributed by atoms with Crippen LogP contribution in [-0.2, 0) is 19.4 Å². The number of nitrogens with one attached hydrogen (secondary N) is 2. The summed E-state index contributed by atoms with van der Waals surface area (Å²) in [7, 11) is 0. The molecular weight excluding hydrogens is 391 g/mol. The number of rotatable bonds is 8. The SMILES string of the molecule is C=C(CCNC(=O)C1CC(C)C(C)OO1)NC(=O)COc1ccc(Cl)c(F)c1. The number of hydrogen-bond donors (Lipinski definition) is 2. The van der Waals surface area contributed by atoms with E-state index in [0.717, 1.165) is 6.07 Å². The van der Waals surface area contributed by atoms with Crippen LogP contribution in [0.15, 0.2) is 30.5 Å². The van der Waals surface area contributed by atoms with Crippen molar-refractivity contribution in [3.63, 3.8) is 0 Å². The molecule has 1 aromatic rings. The minimum atomic E-state index is -0.651. The number of amides is 2. The van der Waals surface area contributed by atoms with Crippen LogP contribution in [0.25, 0.3) is 0 Å². The second kappa shape index (κ2) is 10.4. The Morgan fingerprint density at radius 3 is 2.79 bits per heavy atom. The molecule has 1 aliphatic rings. The molecule has 1 aromatic carbocycles. The molecule has 0 aliphatic carbocycles. The molecule has 28 heavy (non-hydrogen) atoms. The highest BCUT2D eigenvalue weighted by Gasteiger charge is 2.31. The molecule has 0 saturated carbocycles. The van der Waals surface area contributed by atoms with Crippen LogP contribution in [0.5, 0.6) is 5.75 Å². The summed E-state index contributed by atoms with van der Waals surface area (Å²) in [5, 5.41) is 5.25. The van der Waals surface area contributed by atoms with Gasteiger partial charge in [0, 0.05) is 24.7 Å². The minimum Gasteiger partial charge on any atom is -0.484 e. The van der Waals surface area contributed by atoms with Crippen LogP contribution in [0.2, 0.25) is 5.02 Å². The van der Waals surface area contributed by atoms with Crippen molar-refractivity contribution in [2.75, 3.05) is 13.2 Å². The zero-order valence-electron chi connectivity index (χ0n) is 15.8. The fourth-order valence-electron chi connectivity index (χ4n) is 2.43. The number of carbonyl (C=O) groups is 2. The van der Waals surface area contributed by atoms with Crippen LogP contribution < -0.4 is 15.4 Å². The van der Waals surface area contributed by atoms with Gasteiger partial charge in [0.2, 0.25) is 0 Å². The molecule has 2 N–H and O–H groups in total. The molecule has 2 rings (SSSR count). The van der Waals surface area contributed by atoms with Crippen LogP contribution >= 0.6 is 11.6 Å². The van der Waals surface area contributed by atoms with E-state index in [-0.39, 0.29) is 41.9 Å². The van der Waals surface area contributed by atoms with Crippen molar-refractivity contribution < 1.29 is 28.5 Å². The third kappa shape index (κ3) is 6.78. The highest BCUT2D eigenvalue weighted by atomic mass is 35.5. The molecule has 154 valence electrons. The summed E-state index contributed by atoms with van der Waals surface area (Å²) >= 11 is 5.58. The van der Waals surface area contributed by atoms with Gasteiger partial charge in [0.25, 0.3) is 11.8 Å². The third-order valence-electron chi connectivity index (χ3n) is 4.31. The van der Waals surface area contributed by atoms with Gasteiger partial charge >= 0.3 is 0 Å². The first-order valence-corrected chi connectivity index (χ1v) is 9.29. The Kier molecular flexibility index (Phi) is 8.22. The molecule has 0 spiro atoms. The summed E-state index contributed by atoms with van der Waals surface area (Å²) in [5.41, 5.74) is 0.416. The number of benzene rings is 1. The second-order valence-corrected chi connectivity index (χ2v) is 7.06. The average Bonchev–Trinajstić information content (AvgIpc) is 2.64. The van der Waals surface area contributed by atoms with Crippen molar-refractivity contribution >= 4 is 23.4 Å². The molecule has 3 unspecified atom stereocenters. The molecule has 7 nitrogen and oxygen atoms in total. The van der Waals surface area contributed by atoms with Gasteiger partial charge in [-0.05, 0) is 31.4 Å². The maximum atomic E-state index is 13.3. The predicted octanol–water partition coefficient (Wildman–Crippen LogP) is 2.74. The van der Waals surface area contributed by atoms with Crippen molar-refractivity contribution in [2.45, 2.75) is 38.9 Å². The molecule has 0 aromatic heterocycles. The van der Waals surface area contributed by atoms with E-state index in [9.17, 15) is 14.0 Å². The van der Waals surface area contributed by atoms with Crippen LogP contribution in [0.4, 0.5) is 4.39 Å². The van der Waals surface area contributed by atoms with Crippen molar-refractivity contribution in [3.8, 4) is 5.75 Å². The Balaban J connectivity index is 1.64. The summed E-state index contributed by atoms with van der Waals surface area (Å²) in [5.74, 6) is -0.943. The molecule has 1 aliphatic heterocycles. The summed E-state index contributed by atoms with van der Waals surface area (Å²) in [6.07, 6.45) is 0.216. The first-order valence-electron chi connectivity index (χ1n) is 8.91. The van der Waals surface area contributed by atoms with E-state index in [1.54, 1.807) is 0 Å². The Morgan fingerprint density at radius 2 is 2.11 bits per heavy atom. The Hall–Kier alpha value is -2.16. The summed E-state index contributed by atoms with van der Waals surface area (Å²) in [4.78, 5) is 34.1. The van der Waals surface area contributed by atoms with Crippen molar-refractivity contribution in [1.82, 2.24) is 10.6 Å². The Labute approximate surface area is 168 Å². The zero-order valence-corrected chi connectivity index (χ0v) is 16.6. The lowest BCUT2D eigenvalue weighted by Gasteiger charge is -2.30. The molecule has 3 atom stereocenters. The van der Waals surface area contributed by atoms with E-state index in [0.29, 0.717) is 18.5 Å². The van der Waals surface area contributed by atoms with Crippen LogP contribution in [0, 0.1) is 11.7 Å². The third-order valence-corrected chi connectivity index (χ3v) is 4.61. The van der Waals surface area contributed by atoms with Crippen LogP contribution in [-0.4, -0.2) is 37.2 Å². The van der Waals surface area contributed by atoms with Crippen molar-refractivity contribution in [1.29, 1.82) is 0 Å². The zero-order chi connectivity index (χ0) is 20.7. The first kappa shape index (κ1) is 22.1. The van der Waals surface area contributed by atoms with Crippen LogP contribution in [0.3, 0.4) is 0 Å². The van der Waals surface area contributed by atoms with E-state index in [4.69, 9.17) is 26.1 Å². The Morgan fingerprint density at radius 1 is 1.36 bits per heavy atom. The van der Waals surface area contributed by atoms with E-state index in [1.165, 1.54) is 12.1 Å². The first-order chi connectivity index (χ1) is 13.3. The molecule has 9 heteroatoms. The minimum absolute atomic E-state index is 0.0265. The average molecular weight is 415 g/mol. The maximum absolute atomic E-state index is 13.3. The standard InChI is InChI=1S/C19H24ClFN2O5/c1-11-8-17(28-27-13(11)3)19(25)22-7-6-12(2)23-18(24)10-26-14-4-5-15(20)16(21)9-14/h4-5,9,11,13,17H,2,6-8,10H2,1,3H3,(H,22,25)(H,23,24). The van der Waals surface area contributed by atoms with Crippen molar-refractivity contribution in [3.05, 3.63) is 41.3 Å². The van der Waals surface area contributed by atoms with Gasteiger partial charge in [0.1, 0.15) is 11.6 Å². The lowest BCUT2D eigenvalue weighted by atomic mass is 9.97. The van der Waals surface area contributed by atoms with Gasteiger partial charge < -0.3 is 15.4 Å². The summed E-state index contributed by atoms with van der Waals surface area (Å²) in [6.45, 7) is 7.59. The lowest BCUT2D eigenvalue weighted by Crippen LogP contribution is -2.43. The van der Waals surface area contributed by atoms with Gasteiger partial charge in [-0.15, -0.1) is 0 Å². The maximum Gasteiger partial charge on any atom is 0.262 e. The fraction of sp³-hybridized carbons (Fsp3) is 0.474. The van der Waals surface area contributed by atoms with Gasteiger partial charge in [-0.1, -0.05) is 25.1 Å². The van der Waals surface area contributed by atoms with E-state index in [1.807, 2.05) is 13.8 Å². The van der Waals surface area contributed by atoms with Gasteiger partial charge in [-0.3, -0.25) is 9.59 Å². The highest BCUT2D eigenvalue weighted by Crippen LogP contribution is 2.22. The molecule has 1 fully saturated rings. The number of ether oxygens (including phenoxy) is 1. The quantitative estimate of drug-likeness (QED) is 0.639. The van der Waals surface area contributed by atoms with Crippen LogP contribution in [0.1, 0.15) is 26.7 Å². The highest BCUT2D eigenvalue weighted by molar-refractivity contribution is 6.30. The van der Waals surface area contributed by atoms with E-state index < -0.39 is 17.8 Å². The molecule has 2 amide bonds. The summed E-state index contributed by atoms with van der Waals surface area (Å²) < 4.78 is 18.5. The monoisotopic (exact) mass is 414 g/mol. The van der Waals surface area contributed by atoms with E-state index >= 15 is 0 Å². The largest absolute Gasteiger partial charge is 0.484 e. The van der Waals surface area contributed by atoms with Gasteiger partial charge in [0.15, 0.2) is 12.7 Å². The Bertz CT molecular complexity index is 730. The van der Waals surface area contributed by atoms with Gasteiger partial charge in [0.05, 0.1) is 11.1 Å². The fourth-order valence-corrected chi connectivity index (χ4v) is 2.55. The second-order valence-electron chi connectivity index (χ2n) is 6.66. The lowest BCUT2D eigenvalue weighted by molar-refractivity contribution is -0.372. The van der Waals surface area contributed by atoms with Gasteiger partial charge in [-0.2, -0.15) is 0 Å². The van der Waals surface area contributed by atoms with Crippen molar-refractivity contribution in [2.24, 2.45) is 5.92 Å². The number of hydrogen-bond acceptors (Lipinski definition) is 5. The number of halogens is 2. The van der Waals surface area contributed by atoms with E-state index in [2.05, 4.69) is 17.2 Å².